The quantitative estimate of drug-likeness (QED) is 0.715. The number of fused-ring (bicyclic) bond motifs is 1. The molecule has 0 aliphatic heterocycles. The summed E-state index contributed by atoms with van der Waals surface area (Å²) < 4.78 is 36.1. The van der Waals surface area contributed by atoms with Gasteiger partial charge in [-0.1, -0.05) is 16.0 Å². The van der Waals surface area contributed by atoms with E-state index < -0.39 is 10.4 Å². The van der Waals surface area contributed by atoms with Gasteiger partial charge in [-0.25, -0.2) is 0 Å². The lowest BCUT2D eigenvalue weighted by atomic mass is 9.86. The maximum Gasteiger partial charge on any atom is 0.396 e. The van der Waals surface area contributed by atoms with Crippen LogP contribution in [0.4, 0.5) is 9.57 Å². The molecule has 1 unspecified atom stereocenters. The average Bonchev–Trinajstić information content (AvgIpc) is 2.38. The Morgan fingerprint density at radius 2 is 2.20 bits per heavy atom. The van der Waals surface area contributed by atoms with Gasteiger partial charge >= 0.3 is 10.4 Å². The molecule has 1 atom stereocenters. The molecule has 1 aliphatic rings. The van der Waals surface area contributed by atoms with Crippen molar-refractivity contribution in [3.8, 4) is 0 Å². The van der Waals surface area contributed by atoms with Crippen molar-refractivity contribution < 1.29 is 17.1 Å². The van der Waals surface area contributed by atoms with Crippen molar-refractivity contribution in [2.24, 2.45) is 5.73 Å². The van der Waals surface area contributed by atoms with Crippen LogP contribution in [-0.2, 0) is 21.6 Å². The third-order valence-electron chi connectivity index (χ3n) is 3.26. The van der Waals surface area contributed by atoms with Crippen molar-refractivity contribution in [3.05, 3.63) is 29.3 Å². The Balaban J connectivity index is 2.33. The number of amides is 1. The van der Waals surface area contributed by atoms with E-state index in [1.807, 2.05) is 4.72 Å². The highest BCUT2D eigenvalue weighted by Crippen LogP contribution is 2.34. The third-order valence-corrected chi connectivity index (χ3v) is 3.72. The first-order valence-corrected chi connectivity index (χ1v) is 7.62. The van der Waals surface area contributed by atoms with E-state index in [1.54, 1.807) is 12.1 Å². The molecule has 1 aliphatic carbocycles. The highest BCUT2D eigenvalue weighted by Gasteiger charge is 2.24. The molecule has 8 heteroatoms. The summed E-state index contributed by atoms with van der Waals surface area (Å²) in [7, 11) is -4.81. The van der Waals surface area contributed by atoms with Crippen molar-refractivity contribution >= 4 is 22.0 Å². The lowest BCUT2D eigenvalue weighted by Gasteiger charge is -2.27. The number of carbonyl (C=O) groups excluding carboxylic acids is 1. The number of carbonyl (C=O) groups is 1. The minimum atomic E-state index is -4.81. The van der Waals surface area contributed by atoms with E-state index in [9.17, 15) is 17.1 Å². The maximum atomic E-state index is 12.8. The zero-order chi connectivity index (χ0) is 14.8. The molecule has 2 rings (SSSR count). The van der Waals surface area contributed by atoms with Crippen LogP contribution in [0.5, 0.6) is 0 Å². The molecule has 0 aromatic heterocycles. The molecule has 1 amide bonds. The van der Waals surface area contributed by atoms with Crippen LogP contribution >= 0.6 is 0 Å². The highest BCUT2D eigenvalue weighted by atomic mass is 32.3. The van der Waals surface area contributed by atoms with E-state index in [-0.39, 0.29) is 24.2 Å². The van der Waals surface area contributed by atoms with Gasteiger partial charge in [0.25, 0.3) is 0 Å². The Kier molecular flexibility index (Phi) is 4.24. The fourth-order valence-electron chi connectivity index (χ4n) is 2.48. The molecule has 0 heterocycles. The van der Waals surface area contributed by atoms with Crippen molar-refractivity contribution in [3.63, 3.8) is 0 Å². The Morgan fingerprint density at radius 1 is 1.45 bits per heavy atom. The minimum Gasteiger partial charge on any atom is -0.348 e. The smallest absolute Gasteiger partial charge is 0.348 e. The van der Waals surface area contributed by atoms with Gasteiger partial charge in [0, 0.05) is 0 Å². The number of halogens is 1. The van der Waals surface area contributed by atoms with Gasteiger partial charge in [-0.15, -0.1) is 0 Å². The molecule has 20 heavy (non-hydrogen) atoms. The summed E-state index contributed by atoms with van der Waals surface area (Å²) in [5.74, 6) is -0.278. The van der Waals surface area contributed by atoms with Crippen LogP contribution < -0.4 is 15.8 Å². The molecule has 0 bridgehead atoms. The van der Waals surface area contributed by atoms with E-state index in [2.05, 4.69) is 5.32 Å². The van der Waals surface area contributed by atoms with Crippen molar-refractivity contribution in [2.75, 3.05) is 11.3 Å². The molecule has 0 spiro atoms. The van der Waals surface area contributed by atoms with Gasteiger partial charge in [-0.05, 0) is 36.5 Å². The molecule has 0 saturated heterocycles. The molecule has 110 valence electrons. The first-order chi connectivity index (χ1) is 9.40. The molecular weight excluding hydrogens is 285 g/mol. The zero-order valence-electron chi connectivity index (χ0n) is 10.7. The normalized spacial score (nSPS) is 18.2. The summed E-state index contributed by atoms with van der Waals surface area (Å²) in [5.41, 5.74) is 7.00. The Morgan fingerprint density at radius 3 is 2.85 bits per heavy atom. The second-order valence-electron chi connectivity index (χ2n) is 4.63. The summed E-state index contributed by atoms with van der Waals surface area (Å²) in [5, 5.41) is 2.78. The van der Waals surface area contributed by atoms with Crippen LogP contribution in [0.2, 0.25) is 0 Å². The first kappa shape index (κ1) is 14.7. The molecule has 1 aromatic carbocycles. The van der Waals surface area contributed by atoms with Crippen LogP contribution in [0.15, 0.2) is 18.2 Å². The van der Waals surface area contributed by atoms with E-state index >= 15 is 0 Å². The summed E-state index contributed by atoms with van der Waals surface area (Å²) >= 11 is 0. The second-order valence-corrected chi connectivity index (χ2v) is 5.71. The van der Waals surface area contributed by atoms with Gasteiger partial charge in [-0.2, -0.15) is 8.42 Å². The minimum absolute atomic E-state index is 0.108. The van der Waals surface area contributed by atoms with Crippen molar-refractivity contribution in [1.82, 2.24) is 5.32 Å². The van der Waals surface area contributed by atoms with Gasteiger partial charge in [0.15, 0.2) is 0 Å². The number of anilines is 1. The lowest BCUT2D eigenvalue weighted by Crippen LogP contribution is -2.35. The number of nitrogens with one attached hydrogen (secondary N) is 2. The van der Waals surface area contributed by atoms with Crippen LogP contribution in [0.25, 0.3) is 0 Å². The molecule has 0 fully saturated rings. The van der Waals surface area contributed by atoms with E-state index in [1.165, 1.54) is 6.07 Å². The van der Waals surface area contributed by atoms with Gasteiger partial charge in [0.05, 0.1) is 18.3 Å². The molecular formula is C12H16FN3O3S. The van der Waals surface area contributed by atoms with E-state index in [0.29, 0.717) is 12.0 Å². The number of rotatable bonds is 4. The Bertz CT molecular complexity index is 618. The Labute approximate surface area is 116 Å². The number of nitrogens with two attached hydrogens (primary N) is 1. The third kappa shape index (κ3) is 3.45. The average molecular weight is 301 g/mol. The topological polar surface area (TPSA) is 101 Å². The molecule has 1 aromatic rings. The number of hydrogen-bond donors (Lipinski definition) is 3. The summed E-state index contributed by atoms with van der Waals surface area (Å²) in [6.07, 6.45) is 2.14. The lowest BCUT2D eigenvalue weighted by molar-refractivity contribution is -0.120. The van der Waals surface area contributed by atoms with Crippen LogP contribution in [0, 0.1) is 0 Å². The van der Waals surface area contributed by atoms with E-state index in [0.717, 1.165) is 18.4 Å². The fraction of sp³-hybridized carbons (Fsp3) is 0.417. The predicted molar refractivity (Wildman–Crippen MR) is 73.0 cm³/mol. The van der Waals surface area contributed by atoms with Crippen LogP contribution in [0.3, 0.4) is 0 Å². The molecule has 4 N–H and O–H groups in total. The van der Waals surface area contributed by atoms with Crippen molar-refractivity contribution in [1.29, 1.82) is 0 Å². The summed E-state index contributed by atoms with van der Waals surface area (Å²) in [4.78, 5) is 11.4. The second kappa shape index (κ2) is 5.76. The SMILES string of the molecule is NCC(=O)NC1CCCc2c(NS(=O)(=O)F)cccc21. The maximum absolute atomic E-state index is 12.8. The van der Waals surface area contributed by atoms with Gasteiger partial charge < -0.3 is 11.1 Å². The van der Waals surface area contributed by atoms with Crippen molar-refractivity contribution in [2.45, 2.75) is 25.3 Å². The van der Waals surface area contributed by atoms with Gasteiger partial charge in [0.1, 0.15) is 0 Å². The van der Waals surface area contributed by atoms with Gasteiger partial charge in [-0.3, -0.25) is 9.52 Å². The van der Waals surface area contributed by atoms with Gasteiger partial charge in [0.2, 0.25) is 5.91 Å². The monoisotopic (exact) mass is 301 g/mol. The van der Waals surface area contributed by atoms with Crippen LogP contribution in [-0.4, -0.2) is 20.9 Å². The molecule has 0 saturated carbocycles. The Hall–Kier alpha value is -1.67. The molecule has 0 radical (unpaired) electrons. The van der Waals surface area contributed by atoms with E-state index in [4.69, 9.17) is 5.73 Å². The highest BCUT2D eigenvalue weighted by molar-refractivity contribution is 7.87. The number of benzene rings is 1. The summed E-state index contributed by atoms with van der Waals surface area (Å²) in [6.45, 7) is -0.108. The first-order valence-electron chi connectivity index (χ1n) is 6.24. The predicted octanol–water partition coefficient (Wildman–Crippen LogP) is 0.765. The zero-order valence-corrected chi connectivity index (χ0v) is 11.5. The largest absolute Gasteiger partial charge is 0.396 e. The summed E-state index contributed by atoms with van der Waals surface area (Å²) in [6, 6.07) is 4.70. The van der Waals surface area contributed by atoms with Crippen LogP contribution in [0.1, 0.15) is 30.0 Å². The fourth-order valence-corrected chi connectivity index (χ4v) is 2.93. The number of hydrogen-bond acceptors (Lipinski definition) is 4. The molecule has 6 nitrogen and oxygen atoms in total. The standard InChI is InChI=1S/C12H16FN3O3S/c13-20(18,19)16-11-6-2-3-8-9(11)4-1-5-10(8)15-12(17)7-14/h2-3,6,10,16H,1,4-5,7,14H2,(H,15,17).